The van der Waals surface area contributed by atoms with Crippen LogP contribution in [-0.2, 0) is 6.42 Å². The average molecular weight is 274 g/mol. The minimum absolute atomic E-state index is 0.141. The minimum Gasteiger partial charge on any atom is -0.369 e. The zero-order valence-corrected chi connectivity index (χ0v) is 11.5. The Morgan fingerprint density at radius 2 is 2.40 bits per heavy atom. The molecule has 1 aliphatic heterocycles. The van der Waals surface area contributed by atoms with Gasteiger partial charge in [-0.25, -0.2) is 0 Å². The molecule has 0 radical (unpaired) electrons. The lowest BCUT2D eigenvalue weighted by Gasteiger charge is -2.22. The van der Waals surface area contributed by atoms with Gasteiger partial charge in [-0.2, -0.15) is 5.10 Å². The number of nitro groups is 1. The largest absolute Gasteiger partial charge is 0.369 e. The van der Waals surface area contributed by atoms with Gasteiger partial charge in [0.1, 0.15) is 0 Å². The number of benzene rings is 1. The van der Waals surface area contributed by atoms with Crippen molar-refractivity contribution < 1.29 is 4.92 Å². The molecular weight excluding hydrogens is 256 g/mol. The Hall–Kier alpha value is -2.37. The van der Waals surface area contributed by atoms with E-state index in [4.69, 9.17) is 0 Å². The number of rotatable bonds is 6. The quantitative estimate of drug-likeness (QED) is 0.454. The van der Waals surface area contributed by atoms with Crippen LogP contribution in [0.3, 0.4) is 0 Å². The number of fused-ring (bicyclic) bond motifs is 1. The molecule has 0 unspecified atom stereocenters. The Morgan fingerprint density at radius 1 is 1.60 bits per heavy atom. The number of anilines is 1. The van der Waals surface area contributed by atoms with Gasteiger partial charge in [-0.15, -0.1) is 0 Å². The van der Waals surface area contributed by atoms with E-state index in [9.17, 15) is 10.1 Å². The molecule has 1 heterocycles. The standard InChI is InChI=1S/C14H18N4O2/c1-3-15-17(4-2)10-9-16-8-7-12-5-6-13(18(19)20)11-14(12)16/h3-6,11H,2,7-10H2,1H3/b15-3-. The van der Waals surface area contributed by atoms with Gasteiger partial charge in [0, 0.05) is 43.3 Å². The third kappa shape index (κ3) is 2.96. The predicted octanol–water partition coefficient (Wildman–Crippen LogP) is 2.41. The van der Waals surface area contributed by atoms with E-state index in [1.807, 2.05) is 13.0 Å². The Bertz CT molecular complexity index is 542. The summed E-state index contributed by atoms with van der Waals surface area (Å²) >= 11 is 0. The predicted molar refractivity (Wildman–Crippen MR) is 80.1 cm³/mol. The fraction of sp³-hybridized carbons (Fsp3) is 0.357. The van der Waals surface area contributed by atoms with Gasteiger partial charge in [0.2, 0.25) is 0 Å². The van der Waals surface area contributed by atoms with Crippen molar-refractivity contribution in [2.75, 3.05) is 24.5 Å². The second-order valence-electron chi connectivity index (χ2n) is 4.53. The van der Waals surface area contributed by atoms with Crippen LogP contribution in [-0.4, -0.2) is 35.8 Å². The van der Waals surface area contributed by atoms with E-state index in [-0.39, 0.29) is 10.6 Å². The summed E-state index contributed by atoms with van der Waals surface area (Å²) in [4.78, 5) is 12.7. The van der Waals surface area contributed by atoms with Gasteiger partial charge in [0.15, 0.2) is 0 Å². The van der Waals surface area contributed by atoms with Crippen molar-refractivity contribution in [3.05, 3.63) is 46.7 Å². The molecule has 0 aliphatic carbocycles. The van der Waals surface area contributed by atoms with Crippen molar-refractivity contribution in [3.8, 4) is 0 Å². The van der Waals surface area contributed by atoms with E-state index in [1.54, 1.807) is 29.6 Å². The summed E-state index contributed by atoms with van der Waals surface area (Å²) in [6.07, 6.45) is 4.31. The Morgan fingerprint density at radius 3 is 3.05 bits per heavy atom. The van der Waals surface area contributed by atoms with Crippen molar-refractivity contribution in [3.63, 3.8) is 0 Å². The summed E-state index contributed by atoms with van der Waals surface area (Å²) < 4.78 is 0. The summed E-state index contributed by atoms with van der Waals surface area (Å²) in [7, 11) is 0. The van der Waals surface area contributed by atoms with Crippen molar-refractivity contribution >= 4 is 17.6 Å². The highest BCUT2D eigenvalue weighted by atomic mass is 16.6. The second-order valence-corrected chi connectivity index (χ2v) is 4.53. The molecular formula is C14H18N4O2. The van der Waals surface area contributed by atoms with E-state index in [2.05, 4.69) is 16.6 Å². The van der Waals surface area contributed by atoms with E-state index < -0.39 is 0 Å². The van der Waals surface area contributed by atoms with Crippen molar-refractivity contribution in [2.45, 2.75) is 13.3 Å². The molecule has 0 aromatic heterocycles. The fourth-order valence-corrected chi connectivity index (χ4v) is 2.35. The van der Waals surface area contributed by atoms with Crippen LogP contribution in [0.4, 0.5) is 11.4 Å². The summed E-state index contributed by atoms with van der Waals surface area (Å²) in [5.74, 6) is 0. The number of nitro benzene ring substituents is 1. The molecule has 6 heteroatoms. The van der Waals surface area contributed by atoms with E-state index in [1.165, 1.54) is 5.56 Å². The lowest BCUT2D eigenvalue weighted by Crippen LogP contribution is -2.29. The van der Waals surface area contributed by atoms with Crippen molar-refractivity contribution in [1.82, 2.24) is 5.01 Å². The number of nitrogens with zero attached hydrogens (tertiary/aromatic N) is 4. The molecule has 1 aromatic carbocycles. The Kier molecular flexibility index (Phi) is 4.34. The van der Waals surface area contributed by atoms with Crippen LogP contribution >= 0.6 is 0 Å². The third-order valence-corrected chi connectivity index (χ3v) is 3.34. The van der Waals surface area contributed by atoms with Crippen LogP contribution in [0.2, 0.25) is 0 Å². The molecule has 2 rings (SSSR count). The smallest absolute Gasteiger partial charge is 0.271 e. The van der Waals surface area contributed by atoms with Gasteiger partial charge < -0.3 is 4.90 Å². The van der Waals surface area contributed by atoms with Crippen LogP contribution in [0.25, 0.3) is 0 Å². The Labute approximate surface area is 118 Å². The van der Waals surface area contributed by atoms with Crippen LogP contribution in [0.1, 0.15) is 12.5 Å². The first-order valence-electron chi connectivity index (χ1n) is 6.55. The summed E-state index contributed by atoms with van der Waals surface area (Å²) in [6, 6.07) is 5.08. The first-order chi connectivity index (χ1) is 9.65. The zero-order valence-electron chi connectivity index (χ0n) is 11.5. The molecule has 0 bridgehead atoms. The van der Waals surface area contributed by atoms with E-state index >= 15 is 0 Å². The molecule has 6 nitrogen and oxygen atoms in total. The molecule has 1 aliphatic rings. The molecule has 0 saturated carbocycles. The number of hydrogen-bond donors (Lipinski definition) is 0. The zero-order chi connectivity index (χ0) is 14.5. The Balaban J connectivity index is 2.08. The van der Waals surface area contributed by atoms with E-state index in [0.29, 0.717) is 6.54 Å². The molecule has 0 N–H and O–H groups in total. The van der Waals surface area contributed by atoms with Crippen LogP contribution < -0.4 is 4.90 Å². The molecule has 0 amide bonds. The monoisotopic (exact) mass is 274 g/mol. The highest BCUT2D eigenvalue weighted by Crippen LogP contribution is 2.31. The van der Waals surface area contributed by atoms with Crippen LogP contribution in [0.15, 0.2) is 36.1 Å². The maximum atomic E-state index is 10.9. The molecule has 1 aromatic rings. The molecule has 0 spiro atoms. The fourth-order valence-electron chi connectivity index (χ4n) is 2.35. The highest BCUT2D eigenvalue weighted by molar-refractivity contribution is 5.62. The second kappa shape index (κ2) is 6.18. The molecule has 0 fully saturated rings. The van der Waals surface area contributed by atoms with Gasteiger partial charge >= 0.3 is 0 Å². The van der Waals surface area contributed by atoms with Gasteiger partial charge in [0.25, 0.3) is 5.69 Å². The third-order valence-electron chi connectivity index (χ3n) is 3.34. The topological polar surface area (TPSA) is 62.0 Å². The van der Waals surface area contributed by atoms with Crippen LogP contribution in [0.5, 0.6) is 0 Å². The lowest BCUT2D eigenvalue weighted by atomic mass is 10.1. The van der Waals surface area contributed by atoms with Crippen molar-refractivity contribution in [1.29, 1.82) is 0 Å². The summed E-state index contributed by atoms with van der Waals surface area (Å²) in [6.45, 7) is 7.92. The number of hydrazone groups is 1. The maximum absolute atomic E-state index is 10.9. The number of non-ortho nitro benzene ring substituents is 1. The van der Waals surface area contributed by atoms with E-state index in [0.717, 1.165) is 25.2 Å². The van der Waals surface area contributed by atoms with Gasteiger partial charge in [-0.3, -0.25) is 15.1 Å². The highest BCUT2D eigenvalue weighted by Gasteiger charge is 2.21. The van der Waals surface area contributed by atoms with Crippen LogP contribution in [0, 0.1) is 10.1 Å². The normalized spacial score (nSPS) is 13.6. The average Bonchev–Trinajstić information content (AvgIpc) is 2.85. The molecule has 20 heavy (non-hydrogen) atoms. The van der Waals surface area contributed by atoms with Crippen molar-refractivity contribution in [2.24, 2.45) is 5.10 Å². The lowest BCUT2D eigenvalue weighted by molar-refractivity contribution is -0.384. The van der Waals surface area contributed by atoms with Gasteiger partial charge in [-0.05, 0) is 18.9 Å². The summed E-state index contributed by atoms with van der Waals surface area (Å²) in [5, 5.41) is 16.8. The SMILES string of the molecule is C=CN(CCN1CCc2ccc([N+](=O)[O-])cc21)/N=C\C. The van der Waals surface area contributed by atoms with Gasteiger partial charge in [-0.1, -0.05) is 12.6 Å². The maximum Gasteiger partial charge on any atom is 0.271 e. The first-order valence-corrected chi connectivity index (χ1v) is 6.55. The number of hydrogen-bond acceptors (Lipinski definition) is 5. The molecule has 0 saturated heterocycles. The molecule has 0 atom stereocenters. The van der Waals surface area contributed by atoms with Gasteiger partial charge in [0.05, 0.1) is 11.5 Å². The summed E-state index contributed by atoms with van der Waals surface area (Å²) in [5.41, 5.74) is 2.27. The first kappa shape index (κ1) is 14.0. The minimum atomic E-state index is -0.353. The molecule has 106 valence electrons.